The molecule has 0 saturated carbocycles. The Hall–Kier alpha value is -0.480. The Morgan fingerprint density at radius 1 is 1.38 bits per heavy atom. The zero-order valence-electron chi connectivity index (χ0n) is 15.4. The van der Waals surface area contributed by atoms with Crippen LogP contribution >= 0.6 is 10.3 Å². The standard InChI is InChI=1S/C9H15NO.C6H16OS.C2H6/c1-3-7-10-8(2)5-4-6-9(10)11;1-6(2,3)8(4,5)7;1-2/h3,8H,1,4-7H2,2H3;7H,1-5H3;1-2H3/t8-;;/m1../s1. The number of hydrogen-bond acceptors (Lipinski definition) is 2. The molecule has 0 aliphatic carbocycles. The summed E-state index contributed by atoms with van der Waals surface area (Å²) >= 11 is 0. The molecule has 1 aliphatic heterocycles. The third kappa shape index (κ3) is 9.20. The maximum absolute atomic E-state index is 11.3. The molecule has 1 fully saturated rings. The maximum atomic E-state index is 11.3. The molecule has 1 amide bonds. The molecule has 0 spiro atoms. The van der Waals surface area contributed by atoms with Gasteiger partial charge in [-0.1, -0.05) is 40.7 Å². The molecule has 4 heteroatoms. The number of nitrogens with zero attached hydrogens (tertiary/aromatic N) is 1. The summed E-state index contributed by atoms with van der Waals surface area (Å²) in [6.45, 7) is 16.6. The van der Waals surface area contributed by atoms with Crippen molar-refractivity contribution in [3.63, 3.8) is 0 Å². The molecule has 1 atom stereocenters. The van der Waals surface area contributed by atoms with E-state index in [4.69, 9.17) is 0 Å². The van der Waals surface area contributed by atoms with Gasteiger partial charge in [-0.15, -0.1) is 16.9 Å². The van der Waals surface area contributed by atoms with E-state index in [1.807, 2.05) is 31.3 Å². The van der Waals surface area contributed by atoms with Gasteiger partial charge in [-0.3, -0.25) is 4.79 Å². The summed E-state index contributed by atoms with van der Waals surface area (Å²) in [5, 5.41) is 0. The van der Waals surface area contributed by atoms with E-state index in [-0.39, 0.29) is 10.7 Å². The van der Waals surface area contributed by atoms with Gasteiger partial charge in [-0.05, 0) is 32.3 Å². The largest absolute Gasteiger partial charge is 0.352 e. The zero-order valence-corrected chi connectivity index (χ0v) is 16.2. The first kappa shape index (κ1) is 22.8. The van der Waals surface area contributed by atoms with Crippen LogP contribution in [0.3, 0.4) is 0 Å². The van der Waals surface area contributed by atoms with Crippen LogP contribution in [0.1, 0.15) is 60.8 Å². The molecular formula is C17H37NO2S. The Kier molecular flexibility index (Phi) is 11.2. The van der Waals surface area contributed by atoms with E-state index < -0.39 is 10.3 Å². The van der Waals surface area contributed by atoms with Gasteiger partial charge < -0.3 is 9.45 Å². The third-order valence-electron chi connectivity index (χ3n) is 3.69. The number of amides is 1. The predicted octanol–water partition coefficient (Wildman–Crippen LogP) is 4.92. The van der Waals surface area contributed by atoms with Gasteiger partial charge in [0.15, 0.2) is 0 Å². The van der Waals surface area contributed by atoms with Crippen molar-refractivity contribution in [2.75, 3.05) is 19.1 Å². The average Bonchev–Trinajstić information content (AvgIpc) is 2.35. The molecule has 1 saturated heterocycles. The molecule has 0 unspecified atom stereocenters. The zero-order chi connectivity index (χ0) is 17.3. The molecule has 0 aromatic heterocycles. The van der Waals surface area contributed by atoms with Crippen molar-refractivity contribution in [3.05, 3.63) is 12.7 Å². The number of carbonyl (C=O) groups excluding carboxylic acids is 1. The highest BCUT2D eigenvalue weighted by Gasteiger charge is 2.24. The van der Waals surface area contributed by atoms with Crippen LogP contribution in [0.5, 0.6) is 0 Å². The number of likely N-dealkylation sites (tertiary alicyclic amines) is 1. The Morgan fingerprint density at radius 3 is 2.10 bits per heavy atom. The molecular weight excluding hydrogens is 282 g/mol. The van der Waals surface area contributed by atoms with E-state index >= 15 is 0 Å². The van der Waals surface area contributed by atoms with Crippen molar-refractivity contribution in [2.45, 2.75) is 71.6 Å². The number of hydrogen-bond donors (Lipinski definition) is 1. The minimum absolute atomic E-state index is 0.0764. The van der Waals surface area contributed by atoms with Crippen LogP contribution in [0, 0.1) is 0 Å². The van der Waals surface area contributed by atoms with Gasteiger partial charge >= 0.3 is 0 Å². The predicted molar refractivity (Wildman–Crippen MR) is 98.4 cm³/mol. The van der Waals surface area contributed by atoms with Gasteiger partial charge in [0, 0.05) is 23.8 Å². The fraction of sp³-hybridized carbons (Fsp3) is 0.824. The van der Waals surface area contributed by atoms with Gasteiger partial charge in [0.1, 0.15) is 0 Å². The van der Waals surface area contributed by atoms with E-state index in [0.717, 1.165) is 19.3 Å². The molecule has 1 aliphatic rings. The summed E-state index contributed by atoms with van der Waals surface area (Å²) in [5.41, 5.74) is 0. The number of rotatable bonds is 2. The maximum Gasteiger partial charge on any atom is 0.223 e. The highest BCUT2D eigenvalue weighted by atomic mass is 32.3. The van der Waals surface area contributed by atoms with Gasteiger partial charge in [0.2, 0.25) is 5.91 Å². The Bertz CT molecular complexity index is 291. The Morgan fingerprint density at radius 2 is 1.81 bits per heavy atom. The van der Waals surface area contributed by atoms with Crippen LogP contribution in [0.2, 0.25) is 0 Å². The molecule has 21 heavy (non-hydrogen) atoms. The van der Waals surface area contributed by atoms with Crippen molar-refractivity contribution >= 4 is 16.2 Å². The van der Waals surface area contributed by atoms with Crippen molar-refractivity contribution in [2.24, 2.45) is 0 Å². The lowest BCUT2D eigenvalue weighted by Crippen LogP contribution is -2.41. The molecule has 0 radical (unpaired) electrons. The van der Waals surface area contributed by atoms with Crippen LogP contribution in [0.4, 0.5) is 0 Å². The van der Waals surface area contributed by atoms with Crippen LogP contribution in [-0.4, -0.2) is 45.2 Å². The minimum Gasteiger partial charge on any atom is -0.352 e. The normalized spacial score (nSPS) is 19.8. The minimum atomic E-state index is -1.34. The van der Waals surface area contributed by atoms with Gasteiger partial charge in [0.25, 0.3) is 0 Å². The lowest BCUT2D eigenvalue weighted by Gasteiger charge is -2.38. The van der Waals surface area contributed by atoms with Crippen molar-refractivity contribution in [1.82, 2.24) is 4.90 Å². The topological polar surface area (TPSA) is 40.5 Å². The lowest BCUT2D eigenvalue weighted by atomic mass is 10.0. The van der Waals surface area contributed by atoms with Crippen molar-refractivity contribution in [1.29, 1.82) is 0 Å². The molecule has 3 nitrogen and oxygen atoms in total. The SMILES string of the molecule is C=CCN1C(=O)CCC[C@H]1C.CC.CC(C)(C)S(C)(C)O. The average molecular weight is 320 g/mol. The van der Waals surface area contributed by atoms with Gasteiger partial charge in [0.05, 0.1) is 0 Å². The van der Waals surface area contributed by atoms with E-state index in [0.29, 0.717) is 12.6 Å². The summed E-state index contributed by atoms with van der Waals surface area (Å²) in [6.07, 6.45) is 8.52. The quantitative estimate of drug-likeness (QED) is 0.734. The van der Waals surface area contributed by atoms with E-state index in [9.17, 15) is 9.35 Å². The molecule has 0 aromatic carbocycles. The second kappa shape index (κ2) is 10.3. The fourth-order valence-corrected chi connectivity index (χ4v) is 1.51. The highest BCUT2D eigenvalue weighted by Crippen LogP contribution is 2.48. The van der Waals surface area contributed by atoms with Crippen LogP contribution < -0.4 is 0 Å². The summed E-state index contributed by atoms with van der Waals surface area (Å²) in [5.74, 6) is 0.281. The van der Waals surface area contributed by atoms with Crippen LogP contribution in [0.15, 0.2) is 12.7 Å². The van der Waals surface area contributed by atoms with Crippen molar-refractivity contribution in [3.8, 4) is 0 Å². The lowest BCUT2D eigenvalue weighted by molar-refractivity contribution is -0.135. The summed E-state index contributed by atoms with van der Waals surface area (Å²) in [7, 11) is -1.34. The van der Waals surface area contributed by atoms with E-state index in [2.05, 4.69) is 34.3 Å². The highest BCUT2D eigenvalue weighted by molar-refractivity contribution is 8.29. The molecule has 0 aromatic rings. The summed E-state index contributed by atoms with van der Waals surface area (Å²) in [4.78, 5) is 13.2. The summed E-state index contributed by atoms with van der Waals surface area (Å²) in [6, 6.07) is 0.411. The third-order valence-corrected chi connectivity index (χ3v) is 6.69. The Labute approximate surface area is 134 Å². The van der Waals surface area contributed by atoms with Crippen LogP contribution in [0.25, 0.3) is 0 Å². The van der Waals surface area contributed by atoms with E-state index in [1.54, 1.807) is 6.08 Å². The monoisotopic (exact) mass is 319 g/mol. The fourth-order valence-electron chi connectivity index (χ4n) is 1.51. The number of carbonyl (C=O) groups is 1. The van der Waals surface area contributed by atoms with Gasteiger partial charge in [-0.2, -0.15) is 0 Å². The number of piperidine rings is 1. The first-order valence-corrected chi connectivity index (χ1v) is 10.3. The smallest absolute Gasteiger partial charge is 0.223 e. The molecule has 1 N–H and O–H groups in total. The van der Waals surface area contributed by atoms with Gasteiger partial charge in [-0.25, -0.2) is 0 Å². The molecule has 128 valence electrons. The second-order valence-corrected chi connectivity index (χ2v) is 10.2. The molecule has 1 heterocycles. The van der Waals surface area contributed by atoms with Crippen molar-refractivity contribution < 1.29 is 9.35 Å². The first-order valence-electron chi connectivity index (χ1n) is 7.86. The summed E-state index contributed by atoms with van der Waals surface area (Å²) < 4.78 is 9.51. The molecule has 1 rings (SSSR count). The second-order valence-electron chi connectivity index (χ2n) is 6.46. The first-order chi connectivity index (χ1) is 9.50. The molecule has 0 bridgehead atoms. The Balaban J connectivity index is 0. The van der Waals surface area contributed by atoms with E-state index in [1.165, 1.54) is 0 Å². The van der Waals surface area contributed by atoms with Crippen LogP contribution in [-0.2, 0) is 4.79 Å².